The molecule has 3 N–H and O–H groups in total. The molecule has 0 aromatic carbocycles. The first-order valence-corrected chi connectivity index (χ1v) is 4.44. The zero-order valence-corrected chi connectivity index (χ0v) is 7.38. The molecule has 1 aliphatic heterocycles. The number of rotatable bonds is 2. The van der Waals surface area contributed by atoms with Crippen molar-refractivity contribution in [3.8, 4) is 0 Å². The van der Waals surface area contributed by atoms with Crippen molar-refractivity contribution in [2.75, 3.05) is 13.1 Å². The molecule has 0 aromatic heterocycles. The van der Waals surface area contributed by atoms with Gasteiger partial charge in [-0.1, -0.05) is 6.42 Å². The molecule has 0 radical (unpaired) electrons. The van der Waals surface area contributed by atoms with Crippen LogP contribution in [0.4, 0.5) is 0 Å². The number of aliphatic carboxylic acids is 1. The highest BCUT2D eigenvalue weighted by atomic mass is 16.4. The van der Waals surface area contributed by atoms with Crippen LogP contribution < -0.4 is 10.6 Å². The maximum atomic E-state index is 10.6. The minimum Gasteiger partial charge on any atom is -0.474 e. The van der Waals surface area contributed by atoms with E-state index in [0.717, 1.165) is 25.8 Å². The molecule has 5 nitrogen and oxygen atoms in total. The van der Waals surface area contributed by atoms with Gasteiger partial charge in [0.15, 0.2) is 0 Å². The summed E-state index contributed by atoms with van der Waals surface area (Å²) in [5, 5.41) is 13.8. The van der Waals surface area contributed by atoms with E-state index in [1.54, 1.807) is 0 Å². The largest absolute Gasteiger partial charge is 0.474 e. The summed E-state index contributed by atoms with van der Waals surface area (Å²) in [5.74, 6) is -2.34. The molecular formula is C8H14N2O3. The van der Waals surface area contributed by atoms with E-state index in [9.17, 15) is 9.59 Å². The van der Waals surface area contributed by atoms with Crippen LogP contribution in [0.5, 0.6) is 0 Å². The Morgan fingerprint density at radius 3 is 2.77 bits per heavy atom. The number of carboxylic acids is 1. The Labute approximate surface area is 76.5 Å². The summed E-state index contributed by atoms with van der Waals surface area (Å²) in [6.07, 6.45) is 3.30. The summed E-state index contributed by atoms with van der Waals surface area (Å²) in [4.78, 5) is 20.8. The average molecular weight is 186 g/mol. The lowest BCUT2D eigenvalue weighted by molar-refractivity contribution is -0.150. The molecule has 0 spiro atoms. The first-order valence-electron chi connectivity index (χ1n) is 4.44. The van der Waals surface area contributed by atoms with Crippen LogP contribution in [0.25, 0.3) is 0 Å². The van der Waals surface area contributed by atoms with E-state index >= 15 is 0 Å². The summed E-state index contributed by atoms with van der Waals surface area (Å²) in [7, 11) is 0. The highest BCUT2D eigenvalue weighted by molar-refractivity contribution is 6.31. The van der Waals surface area contributed by atoms with Gasteiger partial charge in [-0.05, 0) is 19.4 Å². The Hall–Kier alpha value is -1.10. The summed E-state index contributed by atoms with van der Waals surface area (Å²) in [5.41, 5.74) is 0. The molecule has 1 aliphatic rings. The van der Waals surface area contributed by atoms with E-state index in [1.807, 2.05) is 0 Å². The Morgan fingerprint density at radius 1 is 1.46 bits per heavy atom. The van der Waals surface area contributed by atoms with Crippen LogP contribution in [0.2, 0.25) is 0 Å². The Balaban J connectivity index is 2.17. The number of piperidine rings is 1. The lowest BCUT2D eigenvalue weighted by atomic mass is 10.1. The van der Waals surface area contributed by atoms with Crippen molar-refractivity contribution < 1.29 is 14.7 Å². The number of carbonyl (C=O) groups excluding carboxylic acids is 1. The van der Waals surface area contributed by atoms with Gasteiger partial charge in [-0.3, -0.25) is 4.79 Å². The number of carbonyl (C=O) groups is 2. The molecule has 13 heavy (non-hydrogen) atoms. The monoisotopic (exact) mass is 186 g/mol. The summed E-state index contributed by atoms with van der Waals surface area (Å²) < 4.78 is 0. The third-order valence-electron chi connectivity index (χ3n) is 2.12. The highest BCUT2D eigenvalue weighted by Gasteiger charge is 2.15. The zero-order valence-electron chi connectivity index (χ0n) is 7.38. The van der Waals surface area contributed by atoms with Gasteiger partial charge >= 0.3 is 11.9 Å². The summed E-state index contributed by atoms with van der Waals surface area (Å²) in [6.45, 7) is 1.36. The van der Waals surface area contributed by atoms with Crippen LogP contribution >= 0.6 is 0 Å². The van der Waals surface area contributed by atoms with Crippen LogP contribution in [0.3, 0.4) is 0 Å². The smallest absolute Gasteiger partial charge is 0.394 e. The van der Waals surface area contributed by atoms with Crippen molar-refractivity contribution in [3.05, 3.63) is 0 Å². The van der Waals surface area contributed by atoms with Gasteiger partial charge in [0.05, 0.1) is 0 Å². The fourth-order valence-electron chi connectivity index (χ4n) is 1.39. The molecule has 0 aliphatic carbocycles. The third kappa shape index (κ3) is 3.42. The van der Waals surface area contributed by atoms with Gasteiger partial charge in [0.1, 0.15) is 0 Å². The Morgan fingerprint density at radius 2 is 2.23 bits per heavy atom. The highest BCUT2D eigenvalue weighted by Crippen LogP contribution is 2.05. The number of carboxylic acid groups (broad SMARTS) is 1. The van der Waals surface area contributed by atoms with Gasteiger partial charge in [0.2, 0.25) is 0 Å². The van der Waals surface area contributed by atoms with Gasteiger partial charge < -0.3 is 15.7 Å². The second-order valence-electron chi connectivity index (χ2n) is 3.16. The Bertz CT molecular complexity index is 200. The second kappa shape index (κ2) is 4.81. The summed E-state index contributed by atoms with van der Waals surface area (Å²) >= 11 is 0. The van der Waals surface area contributed by atoms with Crippen molar-refractivity contribution >= 4 is 11.9 Å². The molecule has 1 fully saturated rings. The molecule has 1 rings (SSSR count). The number of hydrogen-bond donors (Lipinski definition) is 3. The first-order chi connectivity index (χ1) is 6.20. The van der Waals surface area contributed by atoms with E-state index < -0.39 is 11.9 Å². The molecular weight excluding hydrogens is 172 g/mol. The maximum Gasteiger partial charge on any atom is 0.394 e. The zero-order chi connectivity index (χ0) is 9.68. The molecule has 1 saturated heterocycles. The molecule has 1 atom stereocenters. The number of amides is 1. The standard InChI is InChI=1S/C8H14N2O3/c11-7(8(12)13)10-5-6-3-1-2-4-9-6/h6,9H,1-5H2,(H,10,11)(H,12,13). The van der Waals surface area contributed by atoms with Crippen molar-refractivity contribution in [1.29, 1.82) is 0 Å². The SMILES string of the molecule is O=C(O)C(=O)NCC1CCCCN1. The van der Waals surface area contributed by atoms with Crippen LogP contribution in [-0.2, 0) is 9.59 Å². The minimum absolute atomic E-state index is 0.233. The molecule has 5 heteroatoms. The molecule has 1 heterocycles. The minimum atomic E-state index is -1.42. The van der Waals surface area contributed by atoms with Crippen molar-refractivity contribution in [3.63, 3.8) is 0 Å². The lowest BCUT2D eigenvalue weighted by Crippen LogP contribution is -2.45. The van der Waals surface area contributed by atoms with Gasteiger partial charge in [0.25, 0.3) is 0 Å². The van der Waals surface area contributed by atoms with E-state index in [1.165, 1.54) is 0 Å². The lowest BCUT2D eigenvalue weighted by Gasteiger charge is -2.23. The van der Waals surface area contributed by atoms with Crippen molar-refractivity contribution in [1.82, 2.24) is 10.6 Å². The van der Waals surface area contributed by atoms with Gasteiger partial charge in [0, 0.05) is 12.6 Å². The molecule has 0 bridgehead atoms. The summed E-state index contributed by atoms with van der Waals surface area (Å²) in [6, 6.07) is 0.233. The Kier molecular flexibility index (Phi) is 3.70. The van der Waals surface area contributed by atoms with Crippen LogP contribution in [-0.4, -0.2) is 36.1 Å². The fraction of sp³-hybridized carbons (Fsp3) is 0.750. The second-order valence-corrected chi connectivity index (χ2v) is 3.16. The quantitative estimate of drug-likeness (QED) is 0.500. The molecule has 0 saturated carbocycles. The normalized spacial score (nSPS) is 22.3. The predicted octanol–water partition coefficient (Wildman–Crippen LogP) is -0.671. The maximum absolute atomic E-state index is 10.6. The van der Waals surface area contributed by atoms with E-state index in [4.69, 9.17) is 5.11 Å². The van der Waals surface area contributed by atoms with Crippen LogP contribution in [0.1, 0.15) is 19.3 Å². The van der Waals surface area contributed by atoms with E-state index in [2.05, 4.69) is 10.6 Å². The average Bonchev–Trinajstić information content (AvgIpc) is 2.15. The van der Waals surface area contributed by atoms with Gasteiger partial charge in [-0.25, -0.2) is 4.79 Å². The molecule has 1 amide bonds. The molecule has 0 aromatic rings. The van der Waals surface area contributed by atoms with Crippen molar-refractivity contribution in [2.45, 2.75) is 25.3 Å². The third-order valence-corrected chi connectivity index (χ3v) is 2.12. The molecule has 1 unspecified atom stereocenters. The van der Waals surface area contributed by atoms with E-state index in [-0.39, 0.29) is 6.04 Å². The van der Waals surface area contributed by atoms with Gasteiger partial charge in [-0.2, -0.15) is 0 Å². The topological polar surface area (TPSA) is 78.4 Å². The number of hydrogen-bond acceptors (Lipinski definition) is 3. The fourth-order valence-corrected chi connectivity index (χ4v) is 1.39. The molecule has 74 valence electrons. The number of nitrogens with one attached hydrogen (secondary N) is 2. The van der Waals surface area contributed by atoms with Crippen LogP contribution in [0.15, 0.2) is 0 Å². The van der Waals surface area contributed by atoms with Crippen LogP contribution in [0, 0.1) is 0 Å². The first kappa shape index (κ1) is 9.98. The van der Waals surface area contributed by atoms with Gasteiger partial charge in [-0.15, -0.1) is 0 Å². The van der Waals surface area contributed by atoms with E-state index in [0.29, 0.717) is 6.54 Å². The van der Waals surface area contributed by atoms with Crippen molar-refractivity contribution in [2.24, 2.45) is 0 Å². The predicted molar refractivity (Wildman–Crippen MR) is 46.3 cm³/mol.